The zero-order valence-electron chi connectivity index (χ0n) is 19.0. The summed E-state index contributed by atoms with van der Waals surface area (Å²) in [7, 11) is -0.862. The molecular weight excluding hydrogens is 454 g/mol. The molecule has 0 aliphatic rings. The van der Waals surface area contributed by atoms with Crippen LogP contribution in [0.1, 0.15) is 11.1 Å². The number of sulfonamides is 1. The largest absolute Gasteiger partial charge is 0.497 e. The van der Waals surface area contributed by atoms with Crippen LogP contribution in [0, 0.1) is 0 Å². The topological polar surface area (TPSA) is 97.3 Å². The summed E-state index contributed by atoms with van der Waals surface area (Å²) in [5, 5.41) is 3.95. The van der Waals surface area contributed by atoms with Crippen molar-refractivity contribution >= 4 is 22.1 Å². The quantitative estimate of drug-likeness (QED) is 0.335. The predicted molar refractivity (Wildman–Crippen MR) is 131 cm³/mol. The molecule has 0 bridgehead atoms. The van der Waals surface area contributed by atoms with Crippen LogP contribution < -0.4 is 14.9 Å². The van der Waals surface area contributed by atoms with Crippen molar-refractivity contribution < 1.29 is 22.7 Å². The number of hydrogen-bond acceptors (Lipinski definition) is 6. The molecule has 0 aromatic heterocycles. The van der Waals surface area contributed by atoms with E-state index in [0.717, 1.165) is 15.4 Å². The number of hydrogen-bond donors (Lipinski definition) is 1. The number of hydrazone groups is 1. The highest BCUT2D eigenvalue weighted by molar-refractivity contribution is 7.89. The van der Waals surface area contributed by atoms with Crippen LogP contribution in [0.5, 0.6) is 11.5 Å². The Bertz CT molecular complexity index is 1210. The lowest BCUT2D eigenvalue weighted by Crippen LogP contribution is -2.40. The lowest BCUT2D eigenvalue weighted by Gasteiger charge is -2.21. The SMILES string of the molecule is COc1ccc(S(=O)(=O)N(CCc2ccccc2)CC(=O)N/N=C\c2cccc(OC)c2)cc1. The smallest absolute Gasteiger partial charge is 0.255 e. The van der Waals surface area contributed by atoms with Gasteiger partial charge in [0, 0.05) is 6.54 Å². The standard InChI is InChI=1S/C25H27N3O5S/c1-32-22-11-13-24(14-12-22)34(30,31)28(16-15-20-7-4-3-5-8-20)19-25(29)27-26-18-21-9-6-10-23(17-21)33-2/h3-14,17-18H,15-16,19H2,1-2H3,(H,27,29)/b26-18-. The van der Waals surface area contributed by atoms with Gasteiger partial charge in [-0.2, -0.15) is 9.41 Å². The minimum Gasteiger partial charge on any atom is -0.497 e. The van der Waals surface area contributed by atoms with Crippen molar-refractivity contribution in [2.24, 2.45) is 5.10 Å². The van der Waals surface area contributed by atoms with Crippen molar-refractivity contribution in [3.8, 4) is 11.5 Å². The Balaban J connectivity index is 1.73. The fourth-order valence-electron chi connectivity index (χ4n) is 3.18. The van der Waals surface area contributed by atoms with Crippen LogP contribution in [0.3, 0.4) is 0 Å². The van der Waals surface area contributed by atoms with Gasteiger partial charge in [0.15, 0.2) is 0 Å². The monoisotopic (exact) mass is 481 g/mol. The summed E-state index contributed by atoms with van der Waals surface area (Å²) in [5.74, 6) is 0.650. The summed E-state index contributed by atoms with van der Waals surface area (Å²) >= 11 is 0. The van der Waals surface area contributed by atoms with Crippen LogP contribution in [0.2, 0.25) is 0 Å². The molecule has 0 fully saturated rings. The van der Waals surface area contributed by atoms with Gasteiger partial charge in [-0.3, -0.25) is 4.79 Å². The minimum atomic E-state index is -3.93. The second-order valence-electron chi connectivity index (χ2n) is 7.32. The van der Waals surface area contributed by atoms with Crippen molar-refractivity contribution in [2.75, 3.05) is 27.3 Å². The number of amides is 1. The van der Waals surface area contributed by atoms with Crippen LogP contribution in [0.4, 0.5) is 0 Å². The number of benzene rings is 3. The van der Waals surface area contributed by atoms with E-state index in [9.17, 15) is 13.2 Å². The molecular formula is C25H27N3O5S. The van der Waals surface area contributed by atoms with E-state index in [1.54, 1.807) is 43.5 Å². The summed E-state index contributed by atoms with van der Waals surface area (Å²) in [5.41, 5.74) is 4.10. The first-order valence-electron chi connectivity index (χ1n) is 10.6. The van der Waals surface area contributed by atoms with Crippen molar-refractivity contribution in [1.29, 1.82) is 0 Å². The Morgan fingerprint density at radius 3 is 2.32 bits per heavy atom. The van der Waals surface area contributed by atoms with Crippen LogP contribution in [-0.4, -0.2) is 52.2 Å². The molecule has 0 aliphatic carbocycles. The molecule has 34 heavy (non-hydrogen) atoms. The first-order valence-corrected chi connectivity index (χ1v) is 12.0. The van der Waals surface area contributed by atoms with E-state index in [1.807, 2.05) is 30.3 Å². The van der Waals surface area contributed by atoms with Crippen LogP contribution in [0.25, 0.3) is 0 Å². The van der Waals surface area contributed by atoms with Crippen molar-refractivity contribution in [3.05, 3.63) is 90.0 Å². The third-order valence-corrected chi connectivity index (χ3v) is 6.87. The molecule has 0 aliphatic heterocycles. The molecule has 0 radical (unpaired) electrons. The van der Waals surface area contributed by atoms with Crippen molar-refractivity contribution in [2.45, 2.75) is 11.3 Å². The molecule has 0 heterocycles. The second-order valence-corrected chi connectivity index (χ2v) is 9.26. The van der Waals surface area contributed by atoms with Gasteiger partial charge in [0.05, 0.1) is 31.9 Å². The molecule has 0 unspecified atom stereocenters. The summed E-state index contributed by atoms with van der Waals surface area (Å²) < 4.78 is 38.0. The average Bonchev–Trinajstić information content (AvgIpc) is 2.87. The average molecular weight is 482 g/mol. The van der Waals surface area contributed by atoms with Crippen LogP contribution in [0.15, 0.2) is 88.9 Å². The van der Waals surface area contributed by atoms with E-state index in [-0.39, 0.29) is 18.0 Å². The molecule has 1 amide bonds. The maximum Gasteiger partial charge on any atom is 0.255 e. The summed E-state index contributed by atoms with van der Waals surface area (Å²) in [6, 6.07) is 22.7. The molecule has 0 saturated carbocycles. The molecule has 3 rings (SSSR count). The van der Waals surface area contributed by atoms with Gasteiger partial charge in [0.1, 0.15) is 11.5 Å². The van der Waals surface area contributed by atoms with E-state index < -0.39 is 15.9 Å². The Labute approximate surface area is 199 Å². The highest BCUT2D eigenvalue weighted by atomic mass is 32.2. The fourth-order valence-corrected chi connectivity index (χ4v) is 4.57. The second kappa shape index (κ2) is 12.0. The highest BCUT2D eigenvalue weighted by Gasteiger charge is 2.26. The van der Waals surface area contributed by atoms with E-state index in [4.69, 9.17) is 9.47 Å². The molecule has 8 nitrogen and oxygen atoms in total. The van der Waals surface area contributed by atoms with Gasteiger partial charge in [-0.25, -0.2) is 13.8 Å². The summed E-state index contributed by atoms with van der Waals surface area (Å²) in [6.45, 7) is -0.248. The van der Waals surface area contributed by atoms with Crippen LogP contribution in [-0.2, 0) is 21.2 Å². The zero-order chi connectivity index (χ0) is 24.4. The zero-order valence-corrected chi connectivity index (χ0v) is 19.9. The number of nitrogens with one attached hydrogen (secondary N) is 1. The molecule has 0 saturated heterocycles. The lowest BCUT2D eigenvalue weighted by atomic mass is 10.1. The molecule has 3 aromatic rings. The first-order chi connectivity index (χ1) is 16.4. The van der Waals surface area contributed by atoms with Gasteiger partial charge in [-0.05, 0) is 53.9 Å². The molecule has 0 spiro atoms. The third kappa shape index (κ3) is 6.90. The number of methoxy groups -OCH3 is 2. The van der Waals surface area contributed by atoms with Crippen molar-refractivity contribution in [3.63, 3.8) is 0 Å². The number of carbonyl (C=O) groups is 1. The van der Waals surface area contributed by atoms with Crippen molar-refractivity contribution in [1.82, 2.24) is 9.73 Å². The fraction of sp³-hybridized carbons (Fsp3) is 0.200. The van der Waals surface area contributed by atoms with Gasteiger partial charge in [0.2, 0.25) is 10.0 Å². The lowest BCUT2D eigenvalue weighted by molar-refractivity contribution is -0.121. The highest BCUT2D eigenvalue weighted by Crippen LogP contribution is 2.20. The van der Waals surface area contributed by atoms with Gasteiger partial charge in [0.25, 0.3) is 5.91 Å². The summed E-state index contributed by atoms with van der Waals surface area (Å²) in [4.78, 5) is 12.7. The Hall–Kier alpha value is -3.69. The molecule has 0 atom stereocenters. The number of rotatable bonds is 11. The summed E-state index contributed by atoms with van der Waals surface area (Å²) in [6.07, 6.45) is 1.92. The molecule has 9 heteroatoms. The van der Waals surface area contributed by atoms with Gasteiger partial charge >= 0.3 is 0 Å². The maximum atomic E-state index is 13.3. The normalized spacial score (nSPS) is 11.5. The minimum absolute atomic E-state index is 0.0778. The number of nitrogens with zero attached hydrogens (tertiary/aromatic N) is 2. The first kappa shape index (κ1) is 24.9. The molecule has 3 aromatic carbocycles. The van der Waals surface area contributed by atoms with Gasteiger partial charge in [-0.15, -0.1) is 0 Å². The molecule has 1 N–H and O–H groups in total. The van der Waals surface area contributed by atoms with Gasteiger partial charge < -0.3 is 9.47 Å². The van der Waals surface area contributed by atoms with E-state index in [1.165, 1.54) is 25.5 Å². The van der Waals surface area contributed by atoms with Gasteiger partial charge in [-0.1, -0.05) is 42.5 Å². The maximum absolute atomic E-state index is 13.3. The van der Waals surface area contributed by atoms with E-state index in [0.29, 0.717) is 17.9 Å². The van der Waals surface area contributed by atoms with Crippen LogP contribution >= 0.6 is 0 Å². The Morgan fingerprint density at radius 2 is 1.65 bits per heavy atom. The molecule has 178 valence electrons. The number of carbonyl (C=O) groups excluding carboxylic acids is 1. The van der Waals surface area contributed by atoms with E-state index >= 15 is 0 Å². The Morgan fingerprint density at radius 1 is 0.941 bits per heavy atom. The number of ether oxygens (including phenoxy) is 2. The predicted octanol–water partition coefficient (Wildman–Crippen LogP) is 3.09. The Kier molecular flexibility index (Phi) is 8.78. The third-order valence-electron chi connectivity index (χ3n) is 5.01. The van der Waals surface area contributed by atoms with E-state index in [2.05, 4.69) is 10.5 Å².